The number of hydrogen-bond acceptors (Lipinski definition) is 4. The first-order valence-corrected chi connectivity index (χ1v) is 13.1. The normalized spacial score (nSPS) is 14.3. The summed E-state index contributed by atoms with van der Waals surface area (Å²) in [6, 6.07) is 11.5. The third-order valence-electron chi connectivity index (χ3n) is 6.28. The molecule has 1 aliphatic rings. The van der Waals surface area contributed by atoms with Crippen molar-refractivity contribution in [3.63, 3.8) is 0 Å². The highest BCUT2D eigenvalue weighted by Crippen LogP contribution is 2.33. The highest BCUT2D eigenvalue weighted by Gasteiger charge is 2.21. The molecule has 0 aliphatic carbocycles. The van der Waals surface area contributed by atoms with Crippen LogP contribution in [0.4, 0.5) is 5.69 Å². The van der Waals surface area contributed by atoms with E-state index in [4.69, 9.17) is 34.8 Å². The Morgan fingerprint density at radius 1 is 1.03 bits per heavy atom. The van der Waals surface area contributed by atoms with Gasteiger partial charge < -0.3 is 14.8 Å². The molecule has 0 saturated carbocycles. The number of nitrogens with one attached hydrogen (secondary N) is 1. The van der Waals surface area contributed by atoms with E-state index in [0.717, 1.165) is 69.1 Å². The van der Waals surface area contributed by atoms with Gasteiger partial charge in [0.15, 0.2) is 0 Å². The SMILES string of the molecule is CCCn1c(-c2ccncc2)cc(C(=O)NCCCN2CCN(c3cccc(Cl)c3Cl)CC2)c1Cl. The van der Waals surface area contributed by atoms with Gasteiger partial charge in [0.05, 0.1) is 27.0 Å². The van der Waals surface area contributed by atoms with E-state index < -0.39 is 0 Å². The summed E-state index contributed by atoms with van der Waals surface area (Å²) in [5.41, 5.74) is 3.43. The van der Waals surface area contributed by atoms with Gasteiger partial charge in [0, 0.05) is 57.2 Å². The summed E-state index contributed by atoms with van der Waals surface area (Å²) in [5, 5.41) is 4.72. The molecule has 3 aromatic rings. The summed E-state index contributed by atoms with van der Waals surface area (Å²) in [5.74, 6) is -0.138. The van der Waals surface area contributed by atoms with Gasteiger partial charge >= 0.3 is 0 Å². The summed E-state index contributed by atoms with van der Waals surface area (Å²) in [4.78, 5) is 21.7. The second-order valence-electron chi connectivity index (χ2n) is 8.63. The van der Waals surface area contributed by atoms with Crippen molar-refractivity contribution in [2.24, 2.45) is 0 Å². The summed E-state index contributed by atoms with van der Waals surface area (Å²) in [6.07, 6.45) is 5.28. The van der Waals surface area contributed by atoms with Gasteiger partial charge in [-0.3, -0.25) is 14.7 Å². The van der Waals surface area contributed by atoms with Crippen molar-refractivity contribution in [3.05, 3.63) is 69.6 Å². The highest BCUT2D eigenvalue weighted by molar-refractivity contribution is 6.43. The van der Waals surface area contributed by atoms with Crippen molar-refractivity contribution in [2.75, 3.05) is 44.2 Å². The maximum atomic E-state index is 12.9. The van der Waals surface area contributed by atoms with Crippen LogP contribution in [0.25, 0.3) is 11.3 Å². The molecule has 0 bridgehead atoms. The van der Waals surface area contributed by atoms with E-state index in [-0.39, 0.29) is 5.91 Å². The predicted molar refractivity (Wildman–Crippen MR) is 145 cm³/mol. The topological polar surface area (TPSA) is 53.4 Å². The van der Waals surface area contributed by atoms with Crippen molar-refractivity contribution in [1.29, 1.82) is 0 Å². The number of carbonyl (C=O) groups is 1. The third-order valence-corrected chi connectivity index (χ3v) is 7.50. The number of hydrogen-bond donors (Lipinski definition) is 1. The quantitative estimate of drug-likeness (QED) is 0.349. The molecule has 0 unspecified atom stereocenters. The molecule has 1 amide bonds. The largest absolute Gasteiger partial charge is 0.368 e. The van der Waals surface area contributed by atoms with E-state index in [0.29, 0.717) is 27.3 Å². The lowest BCUT2D eigenvalue weighted by molar-refractivity contribution is 0.0951. The van der Waals surface area contributed by atoms with E-state index >= 15 is 0 Å². The summed E-state index contributed by atoms with van der Waals surface area (Å²) < 4.78 is 2.00. The summed E-state index contributed by atoms with van der Waals surface area (Å²) >= 11 is 19.2. The van der Waals surface area contributed by atoms with Crippen molar-refractivity contribution in [2.45, 2.75) is 26.3 Å². The van der Waals surface area contributed by atoms with E-state index in [1.165, 1.54) is 0 Å². The minimum absolute atomic E-state index is 0.138. The number of benzene rings is 1. The van der Waals surface area contributed by atoms with Crippen LogP contribution in [0.3, 0.4) is 0 Å². The monoisotopic (exact) mass is 533 g/mol. The molecule has 1 fully saturated rings. The van der Waals surface area contributed by atoms with Gasteiger partial charge in [-0.05, 0) is 49.7 Å². The standard InChI is InChI=1S/C26H30Cl3N5O/c1-2-12-34-23(19-7-10-30-11-8-19)18-20(25(34)29)26(35)31-9-4-13-32-14-16-33(17-15-32)22-6-3-5-21(27)24(22)28/h3,5-8,10-11,18H,2,4,9,12-17H2,1H3,(H,31,35). The maximum absolute atomic E-state index is 12.9. The van der Waals surface area contributed by atoms with Crippen LogP contribution >= 0.6 is 34.8 Å². The van der Waals surface area contributed by atoms with Gasteiger partial charge in [0.1, 0.15) is 5.15 Å². The molecule has 186 valence electrons. The highest BCUT2D eigenvalue weighted by atomic mass is 35.5. The van der Waals surface area contributed by atoms with Crippen LogP contribution in [0.2, 0.25) is 15.2 Å². The Hall–Kier alpha value is -2.25. The van der Waals surface area contributed by atoms with Crippen LogP contribution in [-0.4, -0.2) is 59.6 Å². The first kappa shape index (κ1) is 25.8. The molecule has 4 rings (SSSR count). The minimum Gasteiger partial charge on any atom is -0.368 e. The van der Waals surface area contributed by atoms with E-state index in [1.54, 1.807) is 12.4 Å². The number of halogens is 3. The number of rotatable bonds is 9. The Morgan fingerprint density at radius 2 is 1.77 bits per heavy atom. The van der Waals surface area contributed by atoms with Crippen molar-refractivity contribution < 1.29 is 4.79 Å². The Morgan fingerprint density at radius 3 is 2.49 bits per heavy atom. The fourth-order valence-corrected chi connectivity index (χ4v) is 5.17. The number of piperazine rings is 1. The molecular weight excluding hydrogens is 505 g/mol. The fraction of sp³-hybridized carbons (Fsp3) is 0.385. The second-order valence-corrected chi connectivity index (χ2v) is 9.78. The van der Waals surface area contributed by atoms with Gasteiger partial charge in [-0.15, -0.1) is 0 Å². The zero-order valence-corrected chi connectivity index (χ0v) is 22.1. The van der Waals surface area contributed by atoms with Crippen molar-refractivity contribution in [1.82, 2.24) is 19.8 Å². The molecule has 1 aliphatic heterocycles. The number of amides is 1. The molecule has 2 aromatic heterocycles. The second kappa shape index (κ2) is 12.1. The summed E-state index contributed by atoms with van der Waals surface area (Å²) in [7, 11) is 0. The number of aromatic nitrogens is 2. The molecule has 9 heteroatoms. The number of anilines is 1. The van der Waals surface area contributed by atoms with Crippen LogP contribution in [0.1, 0.15) is 30.1 Å². The van der Waals surface area contributed by atoms with Gasteiger partial charge in [-0.25, -0.2) is 0 Å². The lowest BCUT2D eigenvalue weighted by Gasteiger charge is -2.36. The lowest BCUT2D eigenvalue weighted by atomic mass is 10.2. The van der Waals surface area contributed by atoms with Crippen LogP contribution in [0, 0.1) is 0 Å². The average Bonchev–Trinajstić information content (AvgIpc) is 3.21. The van der Waals surface area contributed by atoms with Crippen LogP contribution in [0.5, 0.6) is 0 Å². The Balaban J connectivity index is 1.27. The van der Waals surface area contributed by atoms with Gasteiger partial charge in [0.25, 0.3) is 5.91 Å². The molecule has 1 saturated heterocycles. The lowest BCUT2D eigenvalue weighted by Crippen LogP contribution is -2.47. The average molecular weight is 535 g/mol. The maximum Gasteiger partial charge on any atom is 0.254 e. The van der Waals surface area contributed by atoms with Crippen LogP contribution in [0.15, 0.2) is 48.8 Å². The predicted octanol–water partition coefficient (Wildman–Crippen LogP) is 5.86. The molecule has 35 heavy (non-hydrogen) atoms. The smallest absolute Gasteiger partial charge is 0.254 e. The van der Waals surface area contributed by atoms with Gasteiger partial charge in [0.2, 0.25) is 0 Å². The molecule has 3 heterocycles. The molecular formula is C26H30Cl3N5O. The molecule has 1 aromatic carbocycles. The Kier molecular flexibility index (Phi) is 8.95. The van der Waals surface area contributed by atoms with Gasteiger partial charge in [-0.1, -0.05) is 47.8 Å². The zero-order valence-electron chi connectivity index (χ0n) is 19.8. The first-order chi connectivity index (χ1) is 17.0. The fourth-order valence-electron chi connectivity index (χ4n) is 4.44. The Labute approximate surface area is 221 Å². The van der Waals surface area contributed by atoms with E-state index in [1.807, 2.05) is 41.0 Å². The van der Waals surface area contributed by atoms with Crippen LogP contribution in [-0.2, 0) is 6.54 Å². The zero-order chi connectivity index (χ0) is 24.8. The third kappa shape index (κ3) is 6.12. The molecule has 1 N–H and O–H groups in total. The Bertz CT molecular complexity index is 1140. The first-order valence-electron chi connectivity index (χ1n) is 12.0. The van der Waals surface area contributed by atoms with Gasteiger partial charge in [-0.2, -0.15) is 0 Å². The molecule has 0 radical (unpaired) electrons. The molecule has 0 spiro atoms. The van der Waals surface area contributed by atoms with Crippen molar-refractivity contribution >= 4 is 46.4 Å². The summed E-state index contributed by atoms with van der Waals surface area (Å²) in [6.45, 7) is 8.03. The number of carbonyl (C=O) groups excluding carboxylic acids is 1. The number of nitrogens with zero attached hydrogens (tertiary/aromatic N) is 4. The number of pyridine rings is 1. The molecule has 6 nitrogen and oxygen atoms in total. The molecule has 0 atom stereocenters. The van der Waals surface area contributed by atoms with Crippen molar-refractivity contribution in [3.8, 4) is 11.3 Å². The minimum atomic E-state index is -0.138. The van der Waals surface area contributed by atoms with E-state index in [9.17, 15) is 4.79 Å². The van der Waals surface area contributed by atoms with Crippen LogP contribution < -0.4 is 10.2 Å². The van der Waals surface area contributed by atoms with E-state index in [2.05, 4.69) is 27.0 Å².